The van der Waals surface area contributed by atoms with E-state index in [9.17, 15) is 9.50 Å². The Balaban J connectivity index is 1.56. The summed E-state index contributed by atoms with van der Waals surface area (Å²) in [7, 11) is 0. The number of nitrogens with zero attached hydrogens (tertiary/aromatic N) is 5. The summed E-state index contributed by atoms with van der Waals surface area (Å²) in [5, 5.41) is 29.2. The predicted octanol–water partition coefficient (Wildman–Crippen LogP) is 3.70. The van der Waals surface area contributed by atoms with E-state index in [1.807, 2.05) is 16.9 Å². The van der Waals surface area contributed by atoms with Crippen LogP contribution in [0.3, 0.4) is 0 Å². The lowest BCUT2D eigenvalue weighted by Crippen LogP contribution is -2.29. The molecule has 2 aromatic heterocycles. The molecular weight excluding hydrogens is 409 g/mol. The van der Waals surface area contributed by atoms with E-state index in [1.165, 1.54) is 18.3 Å². The fourth-order valence-corrected chi connectivity index (χ4v) is 3.16. The van der Waals surface area contributed by atoms with Gasteiger partial charge in [-0.1, -0.05) is 23.7 Å². The highest BCUT2D eigenvalue weighted by atomic mass is 35.5. The molecule has 0 saturated heterocycles. The zero-order chi connectivity index (χ0) is 21.3. The number of aromatic nitrogens is 4. The van der Waals surface area contributed by atoms with E-state index in [1.54, 1.807) is 19.2 Å². The SMILES string of the molecule is C[C@@H](C#N)NC(O)c1ccc(-c2nc(Nc3cnn(C4CC4)c3)ncc2Cl)cc1F. The molecule has 10 heteroatoms. The zero-order valence-corrected chi connectivity index (χ0v) is 16.8. The van der Waals surface area contributed by atoms with E-state index in [4.69, 9.17) is 16.9 Å². The van der Waals surface area contributed by atoms with Crippen LogP contribution in [0.15, 0.2) is 36.8 Å². The van der Waals surface area contributed by atoms with Crippen molar-refractivity contribution in [3.63, 3.8) is 0 Å². The van der Waals surface area contributed by atoms with Crippen LogP contribution >= 0.6 is 11.6 Å². The van der Waals surface area contributed by atoms with Gasteiger partial charge in [0.15, 0.2) is 0 Å². The zero-order valence-electron chi connectivity index (χ0n) is 16.0. The van der Waals surface area contributed by atoms with Crippen LogP contribution in [0.4, 0.5) is 16.0 Å². The lowest BCUT2D eigenvalue weighted by Gasteiger charge is -2.16. The Labute approximate surface area is 177 Å². The summed E-state index contributed by atoms with van der Waals surface area (Å²) in [5.41, 5.74) is 1.55. The number of hydrogen-bond acceptors (Lipinski definition) is 7. The van der Waals surface area contributed by atoms with E-state index in [-0.39, 0.29) is 10.6 Å². The summed E-state index contributed by atoms with van der Waals surface area (Å²) in [4.78, 5) is 8.58. The van der Waals surface area contributed by atoms with Gasteiger partial charge in [-0.05, 0) is 25.8 Å². The van der Waals surface area contributed by atoms with Gasteiger partial charge in [-0.25, -0.2) is 14.4 Å². The molecule has 2 heterocycles. The van der Waals surface area contributed by atoms with Gasteiger partial charge in [0.25, 0.3) is 0 Å². The highest BCUT2D eigenvalue weighted by molar-refractivity contribution is 6.32. The number of rotatable bonds is 7. The minimum absolute atomic E-state index is 0.0249. The van der Waals surface area contributed by atoms with Crippen LogP contribution in [0.25, 0.3) is 11.3 Å². The third-order valence-corrected chi connectivity index (χ3v) is 4.97. The third kappa shape index (κ3) is 4.41. The molecule has 1 fully saturated rings. The molecule has 8 nitrogen and oxygen atoms in total. The second-order valence-corrected chi connectivity index (χ2v) is 7.52. The maximum Gasteiger partial charge on any atom is 0.227 e. The van der Waals surface area contributed by atoms with Crippen molar-refractivity contribution < 1.29 is 9.50 Å². The van der Waals surface area contributed by atoms with Crippen LogP contribution in [0.1, 0.15) is 37.6 Å². The molecule has 1 unspecified atom stereocenters. The number of aliphatic hydroxyl groups excluding tert-OH is 1. The number of anilines is 2. The second kappa shape index (κ2) is 8.36. The van der Waals surface area contributed by atoms with Crippen LogP contribution in [0, 0.1) is 17.1 Å². The number of halogens is 2. The van der Waals surface area contributed by atoms with Gasteiger partial charge in [-0.15, -0.1) is 0 Å². The van der Waals surface area contributed by atoms with Crippen molar-refractivity contribution in [2.24, 2.45) is 0 Å². The average molecular weight is 428 g/mol. The molecule has 0 aliphatic heterocycles. The molecule has 3 aromatic rings. The molecule has 0 spiro atoms. The summed E-state index contributed by atoms with van der Waals surface area (Å²) in [6.07, 6.45) is 5.97. The van der Waals surface area contributed by atoms with E-state index in [0.29, 0.717) is 23.2 Å². The standard InChI is InChI=1S/C20H19ClFN7O/c1-11(7-23)26-19(30)15-5-2-12(6-17(15)22)18-16(21)9-24-20(28-18)27-13-8-25-29(10-13)14-3-4-14/h2,5-6,8-11,14,19,26,30H,3-4H2,1H3,(H,24,27,28)/t11-,19?/m0/s1. The van der Waals surface area contributed by atoms with Crippen LogP contribution in [0.2, 0.25) is 5.02 Å². The van der Waals surface area contributed by atoms with Gasteiger partial charge in [-0.3, -0.25) is 10.00 Å². The van der Waals surface area contributed by atoms with E-state index in [0.717, 1.165) is 18.5 Å². The Bertz CT molecular complexity index is 1110. The van der Waals surface area contributed by atoms with Gasteiger partial charge in [0, 0.05) is 17.3 Å². The summed E-state index contributed by atoms with van der Waals surface area (Å²) < 4.78 is 16.5. The molecule has 1 aliphatic rings. The number of hydrogen-bond donors (Lipinski definition) is 3. The minimum atomic E-state index is -1.31. The van der Waals surface area contributed by atoms with Crippen LogP contribution in [0.5, 0.6) is 0 Å². The molecule has 0 radical (unpaired) electrons. The first-order chi connectivity index (χ1) is 14.4. The average Bonchev–Trinajstić information content (AvgIpc) is 3.48. The molecule has 0 bridgehead atoms. The Morgan fingerprint density at radius 1 is 1.37 bits per heavy atom. The maximum atomic E-state index is 14.6. The Morgan fingerprint density at radius 3 is 2.87 bits per heavy atom. The van der Waals surface area contributed by atoms with Gasteiger partial charge in [0.1, 0.15) is 12.0 Å². The molecular formula is C20H19ClFN7O. The molecule has 1 aliphatic carbocycles. The molecule has 154 valence electrons. The van der Waals surface area contributed by atoms with Gasteiger partial charge >= 0.3 is 0 Å². The van der Waals surface area contributed by atoms with Gasteiger partial charge in [-0.2, -0.15) is 10.4 Å². The topological polar surface area (TPSA) is 112 Å². The van der Waals surface area contributed by atoms with Gasteiger partial charge < -0.3 is 10.4 Å². The molecule has 30 heavy (non-hydrogen) atoms. The van der Waals surface area contributed by atoms with Crippen LogP contribution in [-0.4, -0.2) is 30.9 Å². The Morgan fingerprint density at radius 2 is 2.17 bits per heavy atom. The smallest absolute Gasteiger partial charge is 0.227 e. The fourth-order valence-electron chi connectivity index (χ4n) is 2.96. The second-order valence-electron chi connectivity index (χ2n) is 7.11. The van der Waals surface area contributed by atoms with Crippen molar-refractivity contribution in [2.75, 3.05) is 5.32 Å². The van der Waals surface area contributed by atoms with Crippen LogP contribution in [-0.2, 0) is 0 Å². The first-order valence-corrected chi connectivity index (χ1v) is 9.79. The molecule has 1 aromatic carbocycles. The lowest BCUT2D eigenvalue weighted by molar-refractivity contribution is 0.129. The normalized spacial score (nSPS) is 15.4. The summed E-state index contributed by atoms with van der Waals surface area (Å²) in [6, 6.07) is 6.02. The molecule has 1 saturated carbocycles. The van der Waals surface area contributed by atoms with E-state index >= 15 is 0 Å². The lowest BCUT2D eigenvalue weighted by atomic mass is 10.1. The van der Waals surface area contributed by atoms with E-state index in [2.05, 4.69) is 25.7 Å². The molecule has 4 rings (SSSR count). The van der Waals surface area contributed by atoms with Crippen molar-refractivity contribution in [3.8, 4) is 17.3 Å². The minimum Gasteiger partial charge on any atom is -0.374 e. The van der Waals surface area contributed by atoms with Crippen molar-refractivity contribution in [1.29, 1.82) is 5.26 Å². The monoisotopic (exact) mass is 427 g/mol. The predicted molar refractivity (Wildman–Crippen MR) is 109 cm³/mol. The molecule has 0 amide bonds. The number of benzene rings is 1. The maximum absolute atomic E-state index is 14.6. The van der Waals surface area contributed by atoms with Crippen molar-refractivity contribution >= 4 is 23.2 Å². The Kier molecular flexibility index (Phi) is 5.63. The summed E-state index contributed by atoms with van der Waals surface area (Å²) >= 11 is 6.24. The fraction of sp³-hybridized carbons (Fsp3) is 0.300. The van der Waals surface area contributed by atoms with E-state index < -0.39 is 18.1 Å². The Hall–Kier alpha value is -3.06. The number of aliphatic hydroxyl groups is 1. The largest absolute Gasteiger partial charge is 0.374 e. The van der Waals surface area contributed by atoms with Gasteiger partial charge in [0.05, 0.1) is 47.0 Å². The first kappa shape index (κ1) is 20.2. The first-order valence-electron chi connectivity index (χ1n) is 9.42. The summed E-state index contributed by atoms with van der Waals surface area (Å²) in [5.74, 6) is -0.341. The van der Waals surface area contributed by atoms with Crippen LogP contribution < -0.4 is 10.6 Å². The third-order valence-electron chi connectivity index (χ3n) is 4.69. The summed E-state index contributed by atoms with van der Waals surface area (Å²) in [6.45, 7) is 1.57. The van der Waals surface area contributed by atoms with Crippen molar-refractivity contribution in [2.45, 2.75) is 38.1 Å². The number of nitriles is 1. The highest BCUT2D eigenvalue weighted by Crippen LogP contribution is 2.35. The highest BCUT2D eigenvalue weighted by Gasteiger charge is 2.24. The number of nitrogens with one attached hydrogen (secondary N) is 2. The molecule has 3 N–H and O–H groups in total. The van der Waals surface area contributed by atoms with Crippen molar-refractivity contribution in [1.82, 2.24) is 25.1 Å². The van der Waals surface area contributed by atoms with Gasteiger partial charge in [0.2, 0.25) is 5.95 Å². The van der Waals surface area contributed by atoms with Crippen molar-refractivity contribution in [3.05, 3.63) is 53.2 Å². The quantitative estimate of drug-likeness (QED) is 0.493. The molecule has 2 atom stereocenters.